The Kier molecular flexibility index (Phi) is 1.80. The van der Waals surface area contributed by atoms with Crippen LogP contribution in [0.25, 0.3) is 0 Å². The first-order chi connectivity index (χ1) is 5.26. The molecule has 12 heavy (non-hydrogen) atoms. The lowest BCUT2D eigenvalue weighted by Crippen LogP contribution is -2.27. The Morgan fingerprint density at radius 1 is 1.25 bits per heavy atom. The summed E-state index contributed by atoms with van der Waals surface area (Å²) in [7, 11) is -2.62. The summed E-state index contributed by atoms with van der Waals surface area (Å²) in [5, 5.41) is 0. The van der Waals surface area contributed by atoms with Crippen LogP contribution in [-0.2, 0) is 9.07 Å². The van der Waals surface area contributed by atoms with E-state index in [9.17, 15) is 4.21 Å². The lowest BCUT2D eigenvalue weighted by atomic mass is 10.3. The topological polar surface area (TPSA) is 43.1 Å². The zero-order valence-corrected chi connectivity index (χ0v) is 8.52. The van der Waals surface area contributed by atoms with E-state index >= 15 is 0 Å². The number of nitrogen functional groups attached to an aromatic ring is 1. The van der Waals surface area contributed by atoms with Crippen LogP contribution in [0.15, 0.2) is 29.2 Å². The average Bonchev–Trinajstić information content (AvgIpc) is 1.84. The van der Waals surface area contributed by atoms with Crippen molar-refractivity contribution in [2.24, 2.45) is 0 Å². The normalized spacial score (nSPS) is 15.1. The fraction of sp³-hybridized carbons (Fsp3) is 0.333. The number of hydrogen-bond donors (Lipinski definition) is 1. The van der Waals surface area contributed by atoms with E-state index in [1.807, 2.05) is 12.1 Å². The van der Waals surface area contributed by atoms with Crippen molar-refractivity contribution < 1.29 is 4.21 Å². The molecule has 0 atom stereocenters. The van der Waals surface area contributed by atoms with Gasteiger partial charge in [0.05, 0.1) is 0 Å². The van der Waals surface area contributed by atoms with Crippen LogP contribution in [0.4, 0.5) is 5.69 Å². The highest BCUT2D eigenvalue weighted by Gasteiger charge is 2.20. The molecule has 0 radical (unpaired) electrons. The summed E-state index contributed by atoms with van der Waals surface area (Å²) < 4.78 is 12.1. The first-order valence-electron chi connectivity index (χ1n) is 3.71. The van der Waals surface area contributed by atoms with E-state index in [2.05, 4.69) is 0 Å². The molecule has 0 unspecified atom stereocenters. The fourth-order valence-electron chi connectivity index (χ4n) is 0.947. The minimum atomic E-state index is -2.62. The predicted molar refractivity (Wildman–Crippen MR) is 55.0 cm³/mol. The summed E-state index contributed by atoms with van der Waals surface area (Å²) in [6.07, 6.45) is 5.27. The minimum absolute atomic E-state index is 0.664. The second kappa shape index (κ2) is 2.33. The Morgan fingerprint density at radius 3 is 2.17 bits per heavy atom. The lowest BCUT2D eigenvalue weighted by molar-refractivity contribution is 0.669. The van der Waals surface area contributed by atoms with Crippen molar-refractivity contribution in [2.75, 3.05) is 24.5 Å². The molecular formula is C9H15NOS. The average molecular weight is 185 g/mol. The Hall–Kier alpha value is -0.830. The smallest absolute Gasteiger partial charge is 0.0325 e. The van der Waals surface area contributed by atoms with Crippen LogP contribution in [0.5, 0.6) is 0 Å². The van der Waals surface area contributed by atoms with Gasteiger partial charge in [-0.1, -0.05) is 15.1 Å². The van der Waals surface area contributed by atoms with Crippen molar-refractivity contribution in [3.63, 3.8) is 0 Å². The van der Waals surface area contributed by atoms with Gasteiger partial charge < -0.3 is 5.73 Å². The van der Waals surface area contributed by atoms with E-state index in [1.54, 1.807) is 30.9 Å². The first-order valence-corrected chi connectivity index (χ1v) is 6.90. The molecule has 0 amide bonds. The maximum Gasteiger partial charge on any atom is 0.0325 e. The van der Waals surface area contributed by atoms with Crippen LogP contribution in [0.3, 0.4) is 0 Å². The highest BCUT2D eigenvalue weighted by atomic mass is 32.3. The molecular weight excluding hydrogens is 170 g/mol. The predicted octanol–water partition coefficient (Wildman–Crippen LogP) is 1.34. The first kappa shape index (κ1) is 9.26. The number of rotatable bonds is 1. The molecule has 0 aliphatic carbocycles. The molecule has 68 valence electrons. The summed E-state index contributed by atoms with van der Waals surface area (Å²) in [6.45, 7) is 0. The van der Waals surface area contributed by atoms with E-state index in [1.165, 1.54) is 0 Å². The Bertz CT molecular complexity index is 354. The van der Waals surface area contributed by atoms with E-state index in [-0.39, 0.29) is 0 Å². The molecule has 0 saturated carbocycles. The van der Waals surface area contributed by atoms with Crippen LogP contribution >= 0.6 is 0 Å². The minimum Gasteiger partial charge on any atom is -0.399 e. The zero-order chi connectivity index (χ0) is 9.43. The maximum absolute atomic E-state index is 12.1. The van der Waals surface area contributed by atoms with Gasteiger partial charge in [0, 0.05) is 10.6 Å². The molecule has 0 aliphatic heterocycles. The third-order valence-electron chi connectivity index (χ3n) is 1.66. The SMILES string of the molecule is CS(C)(C)(=O)c1cccc(N)c1. The van der Waals surface area contributed by atoms with Gasteiger partial charge in [0.15, 0.2) is 0 Å². The number of hydrogen-bond acceptors (Lipinski definition) is 2. The second-order valence-corrected chi connectivity index (χ2v) is 9.31. The number of anilines is 1. The van der Waals surface area contributed by atoms with Crippen molar-refractivity contribution in [1.29, 1.82) is 0 Å². The molecule has 1 rings (SSSR count). The van der Waals surface area contributed by atoms with E-state index < -0.39 is 9.07 Å². The molecule has 0 heterocycles. The van der Waals surface area contributed by atoms with E-state index in [4.69, 9.17) is 5.73 Å². The van der Waals surface area contributed by atoms with Gasteiger partial charge in [-0.3, -0.25) is 4.21 Å². The van der Waals surface area contributed by atoms with Gasteiger partial charge in [0.1, 0.15) is 0 Å². The zero-order valence-electron chi connectivity index (χ0n) is 7.70. The Labute approximate surface area is 73.2 Å². The van der Waals surface area contributed by atoms with Gasteiger partial charge in [-0.15, -0.1) is 0 Å². The molecule has 0 spiro atoms. The highest BCUT2D eigenvalue weighted by molar-refractivity contribution is 8.18. The van der Waals surface area contributed by atoms with Crippen molar-refractivity contribution in [3.05, 3.63) is 24.3 Å². The largest absolute Gasteiger partial charge is 0.399 e. The molecule has 2 nitrogen and oxygen atoms in total. The van der Waals surface area contributed by atoms with Crippen molar-refractivity contribution in [3.8, 4) is 0 Å². The van der Waals surface area contributed by atoms with Crippen molar-refractivity contribution >= 4 is 14.8 Å². The second-order valence-electron chi connectivity index (χ2n) is 3.99. The van der Waals surface area contributed by atoms with Gasteiger partial charge in [-0.05, 0) is 37.0 Å². The quantitative estimate of drug-likeness (QED) is 0.671. The third kappa shape index (κ3) is 2.08. The molecule has 0 aliphatic rings. The van der Waals surface area contributed by atoms with Crippen LogP contribution in [0, 0.1) is 0 Å². The summed E-state index contributed by atoms with van der Waals surface area (Å²) in [6, 6.07) is 7.25. The Morgan fingerprint density at radius 2 is 1.83 bits per heavy atom. The highest BCUT2D eigenvalue weighted by Crippen LogP contribution is 2.26. The van der Waals surface area contributed by atoms with Gasteiger partial charge in [0.2, 0.25) is 0 Å². The summed E-state index contributed by atoms with van der Waals surface area (Å²) in [4.78, 5) is 0.826. The third-order valence-corrected chi connectivity index (χ3v) is 3.52. The molecule has 2 N–H and O–H groups in total. The van der Waals surface area contributed by atoms with Crippen LogP contribution in [-0.4, -0.2) is 23.0 Å². The van der Waals surface area contributed by atoms with Crippen molar-refractivity contribution in [1.82, 2.24) is 0 Å². The molecule has 3 heteroatoms. The summed E-state index contributed by atoms with van der Waals surface area (Å²) in [5.41, 5.74) is 6.26. The summed E-state index contributed by atoms with van der Waals surface area (Å²) in [5.74, 6) is 0. The van der Waals surface area contributed by atoms with E-state index in [0.29, 0.717) is 5.69 Å². The number of nitrogens with two attached hydrogens (primary N) is 1. The molecule has 0 aromatic heterocycles. The lowest BCUT2D eigenvalue weighted by Gasteiger charge is -2.28. The molecule has 0 saturated heterocycles. The molecule has 0 fully saturated rings. The Balaban J connectivity index is 3.32. The number of benzene rings is 1. The van der Waals surface area contributed by atoms with Crippen molar-refractivity contribution in [2.45, 2.75) is 4.90 Å². The fourth-order valence-corrected chi connectivity index (χ4v) is 2.03. The van der Waals surface area contributed by atoms with Crippen LogP contribution < -0.4 is 5.73 Å². The van der Waals surface area contributed by atoms with Crippen LogP contribution in [0.2, 0.25) is 0 Å². The van der Waals surface area contributed by atoms with Gasteiger partial charge in [0.25, 0.3) is 0 Å². The molecule has 0 bridgehead atoms. The molecule has 1 aromatic carbocycles. The van der Waals surface area contributed by atoms with Crippen LogP contribution in [0.1, 0.15) is 0 Å². The van der Waals surface area contributed by atoms with E-state index in [0.717, 1.165) is 4.90 Å². The standard InChI is InChI=1S/C9H15NOS/c1-12(2,3,11)9-6-4-5-8(10)7-9/h4-7H,10H2,1-3H3. The molecule has 1 aromatic rings. The van der Waals surface area contributed by atoms with Gasteiger partial charge in [-0.2, -0.15) is 0 Å². The van der Waals surface area contributed by atoms with Gasteiger partial charge >= 0.3 is 0 Å². The summed E-state index contributed by atoms with van der Waals surface area (Å²) >= 11 is 0. The monoisotopic (exact) mass is 185 g/mol. The van der Waals surface area contributed by atoms with Gasteiger partial charge in [-0.25, -0.2) is 0 Å². The maximum atomic E-state index is 12.1.